The molecule has 0 aliphatic rings. The number of hydrogen-bond acceptors (Lipinski definition) is 4. The molecule has 0 radical (unpaired) electrons. The smallest absolute Gasteiger partial charge is 0.269 e. The van der Waals surface area contributed by atoms with Crippen LogP contribution in [0.3, 0.4) is 0 Å². The molecule has 0 spiro atoms. The van der Waals surface area contributed by atoms with Gasteiger partial charge < -0.3 is 5.73 Å². The van der Waals surface area contributed by atoms with Crippen molar-refractivity contribution in [1.82, 2.24) is 0 Å². The normalized spacial score (nSPS) is 11.8. The van der Waals surface area contributed by atoms with E-state index in [4.69, 9.17) is 11.0 Å². The number of rotatable bonds is 2. The summed E-state index contributed by atoms with van der Waals surface area (Å²) in [6.45, 7) is 1.68. The van der Waals surface area contributed by atoms with E-state index < -0.39 is 4.92 Å². The molecule has 0 heterocycles. The highest BCUT2D eigenvalue weighted by Crippen LogP contribution is 2.21. The van der Waals surface area contributed by atoms with Gasteiger partial charge in [0.1, 0.15) is 0 Å². The molecule has 0 saturated heterocycles. The first-order valence-electron chi connectivity index (χ1n) is 4.00. The molecule has 0 aliphatic heterocycles. The lowest BCUT2D eigenvalue weighted by atomic mass is 10.0. The van der Waals surface area contributed by atoms with Crippen LogP contribution >= 0.6 is 0 Å². The lowest BCUT2D eigenvalue weighted by Crippen LogP contribution is -2.07. The summed E-state index contributed by atoms with van der Waals surface area (Å²) >= 11 is 0. The van der Waals surface area contributed by atoms with Gasteiger partial charge in [-0.3, -0.25) is 10.1 Å². The molecule has 0 bridgehead atoms. The van der Waals surface area contributed by atoms with Gasteiger partial charge >= 0.3 is 0 Å². The monoisotopic (exact) mass is 191 g/mol. The van der Waals surface area contributed by atoms with Gasteiger partial charge in [-0.2, -0.15) is 5.26 Å². The maximum Gasteiger partial charge on any atom is 0.269 e. The first-order chi connectivity index (χ1) is 6.56. The Bertz CT molecular complexity index is 407. The number of nitriles is 1. The molecular weight excluding hydrogens is 182 g/mol. The second-order valence-electron chi connectivity index (χ2n) is 2.93. The van der Waals surface area contributed by atoms with Crippen LogP contribution in [0.2, 0.25) is 0 Å². The topological polar surface area (TPSA) is 92.9 Å². The van der Waals surface area contributed by atoms with Gasteiger partial charge in [-0.05, 0) is 18.6 Å². The van der Waals surface area contributed by atoms with Crippen LogP contribution in [0.1, 0.15) is 24.1 Å². The maximum absolute atomic E-state index is 10.5. The Morgan fingerprint density at radius 3 is 2.71 bits per heavy atom. The van der Waals surface area contributed by atoms with Crippen LogP contribution < -0.4 is 5.73 Å². The van der Waals surface area contributed by atoms with Crippen molar-refractivity contribution in [3.63, 3.8) is 0 Å². The number of nitrogens with two attached hydrogens (primary N) is 1. The van der Waals surface area contributed by atoms with Crippen LogP contribution in [0.25, 0.3) is 0 Å². The molecule has 1 atom stereocenters. The molecule has 0 aliphatic carbocycles. The highest BCUT2D eigenvalue weighted by molar-refractivity contribution is 5.46. The van der Waals surface area contributed by atoms with Crippen molar-refractivity contribution >= 4 is 5.69 Å². The van der Waals surface area contributed by atoms with E-state index in [1.54, 1.807) is 6.92 Å². The lowest BCUT2D eigenvalue weighted by molar-refractivity contribution is -0.384. The number of nitro groups is 1. The number of hydrogen-bond donors (Lipinski definition) is 1. The molecule has 2 N–H and O–H groups in total. The first-order valence-corrected chi connectivity index (χ1v) is 4.00. The largest absolute Gasteiger partial charge is 0.324 e. The van der Waals surface area contributed by atoms with Gasteiger partial charge in [0.05, 0.1) is 16.6 Å². The van der Waals surface area contributed by atoms with Crippen molar-refractivity contribution < 1.29 is 4.92 Å². The van der Waals surface area contributed by atoms with Crippen LogP contribution in [0.5, 0.6) is 0 Å². The zero-order valence-corrected chi connectivity index (χ0v) is 7.60. The van der Waals surface area contributed by atoms with Gasteiger partial charge in [-0.25, -0.2) is 0 Å². The summed E-state index contributed by atoms with van der Waals surface area (Å²) < 4.78 is 0. The standard InChI is InChI=1S/C9H9N3O2/c1-6(11)9-4-8(12(13)14)3-2-7(9)5-10/h2-4,6H,11H2,1H3. The predicted molar refractivity (Wildman–Crippen MR) is 50.4 cm³/mol. The Morgan fingerprint density at radius 2 is 2.29 bits per heavy atom. The van der Waals surface area contributed by atoms with Crippen molar-refractivity contribution in [2.24, 2.45) is 5.73 Å². The quantitative estimate of drug-likeness (QED) is 0.566. The summed E-state index contributed by atoms with van der Waals surface area (Å²) in [5.74, 6) is 0. The lowest BCUT2D eigenvalue weighted by Gasteiger charge is -2.06. The van der Waals surface area contributed by atoms with E-state index in [2.05, 4.69) is 0 Å². The maximum atomic E-state index is 10.5. The molecule has 14 heavy (non-hydrogen) atoms. The minimum absolute atomic E-state index is 0.0451. The third-order valence-corrected chi connectivity index (χ3v) is 1.86. The zero-order chi connectivity index (χ0) is 10.7. The summed E-state index contributed by atoms with van der Waals surface area (Å²) in [4.78, 5) is 9.95. The summed E-state index contributed by atoms with van der Waals surface area (Å²) in [5, 5.41) is 19.2. The van der Waals surface area contributed by atoms with Crippen molar-refractivity contribution in [3.05, 3.63) is 39.4 Å². The van der Waals surface area contributed by atoms with Gasteiger partial charge in [0.25, 0.3) is 5.69 Å². The van der Waals surface area contributed by atoms with Crippen LogP contribution in [-0.2, 0) is 0 Å². The highest BCUT2D eigenvalue weighted by Gasteiger charge is 2.12. The van der Waals surface area contributed by atoms with Crippen LogP contribution in [0.4, 0.5) is 5.69 Å². The van der Waals surface area contributed by atoms with Gasteiger partial charge in [0.2, 0.25) is 0 Å². The average molecular weight is 191 g/mol. The molecule has 1 aromatic carbocycles. The molecular formula is C9H9N3O2. The Kier molecular flexibility index (Phi) is 2.79. The first kappa shape index (κ1) is 10.2. The molecule has 1 aromatic rings. The molecule has 1 rings (SSSR count). The predicted octanol–water partition coefficient (Wildman–Crippen LogP) is 1.49. The third-order valence-electron chi connectivity index (χ3n) is 1.86. The second-order valence-corrected chi connectivity index (χ2v) is 2.93. The SMILES string of the molecule is CC(N)c1cc([N+](=O)[O-])ccc1C#N. The molecule has 5 nitrogen and oxygen atoms in total. The highest BCUT2D eigenvalue weighted by atomic mass is 16.6. The van der Waals surface area contributed by atoms with Gasteiger partial charge in [-0.15, -0.1) is 0 Å². The van der Waals surface area contributed by atoms with E-state index in [1.807, 2.05) is 6.07 Å². The van der Waals surface area contributed by atoms with Crippen molar-refractivity contribution in [3.8, 4) is 6.07 Å². The summed E-state index contributed by atoms with van der Waals surface area (Å²) in [5.41, 5.74) is 6.42. The van der Waals surface area contributed by atoms with Crippen molar-refractivity contribution in [2.75, 3.05) is 0 Å². The summed E-state index contributed by atoms with van der Waals surface area (Å²) in [6.07, 6.45) is 0. The Balaban J connectivity index is 3.29. The fraction of sp³-hybridized carbons (Fsp3) is 0.222. The number of nitro benzene ring substituents is 1. The van der Waals surface area contributed by atoms with Gasteiger partial charge in [-0.1, -0.05) is 0 Å². The number of non-ortho nitro benzene ring substituents is 1. The van der Waals surface area contributed by atoms with Crippen LogP contribution in [-0.4, -0.2) is 4.92 Å². The Morgan fingerprint density at radius 1 is 1.64 bits per heavy atom. The minimum Gasteiger partial charge on any atom is -0.324 e. The summed E-state index contributed by atoms with van der Waals surface area (Å²) in [7, 11) is 0. The summed E-state index contributed by atoms with van der Waals surface area (Å²) in [6, 6.07) is 5.60. The molecule has 0 fully saturated rings. The molecule has 0 amide bonds. The van der Waals surface area contributed by atoms with E-state index in [1.165, 1.54) is 18.2 Å². The molecule has 0 aromatic heterocycles. The molecule has 72 valence electrons. The Labute approximate surface area is 80.9 Å². The molecule has 0 saturated carbocycles. The van der Waals surface area contributed by atoms with Crippen LogP contribution in [0, 0.1) is 21.4 Å². The second kappa shape index (κ2) is 3.85. The van der Waals surface area contributed by atoms with E-state index in [-0.39, 0.29) is 11.7 Å². The number of benzene rings is 1. The third kappa shape index (κ3) is 1.87. The molecule has 1 unspecified atom stereocenters. The van der Waals surface area contributed by atoms with Crippen molar-refractivity contribution in [1.29, 1.82) is 5.26 Å². The molecule has 5 heteroatoms. The van der Waals surface area contributed by atoms with Gasteiger partial charge in [0, 0.05) is 18.2 Å². The minimum atomic E-state index is -0.507. The van der Waals surface area contributed by atoms with E-state index >= 15 is 0 Å². The van der Waals surface area contributed by atoms with E-state index in [0.29, 0.717) is 11.1 Å². The van der Waals surface area contributed by atoms with Crippen LogP contribution in [0.15, 0.2) is 18.2 Å². The van der Waals surface area contributed by atoms with Crippen molar-refractivity contribution in [2.45, 2.75) is 13.0 Å². The van der Waals surface area contributed by atoms with E-state index in [0.717, 1.165) is 0 Å². The van der Waals surface area contributed by atoms with Gasteiger partial charge in [0.15, 0.2) is 0 Å². The van der Waals surface area contributed by atoms with E-state index in [9.17, 15) is 10.1 Å². The fourth-order valence-corrected chi connectivity index (χ4v) is 1.14. The number of nitrogens with zero attached hydrogens (tertiary/aromatic N) is 2. The average Bonchev–Trinajstić information content (AvgIpc) is 2.16. The fourth-order valence-electron chi connectivity index (χ4n) is 1.14. The Hall–Kier alpha value is -1.93. The zero-order valence-electron chi connectivity index (χ0n) is 7.60.